The lowest BCUT2D eigenvalue weighted by Gasteiger charge is -2.31. The van der Waals surface area contributed by atoms with Gasteiger partial charge in [-0.1, -0.05) is 26.7 Å². The van der Waals surface area contributed by atoms with E-state index in [1.165, 1.54) is 71.0 Å². The van der Waals surface area contributed by atoms with Gasteiger partial charge in [0.25, 0.3) is 0 Å². The van der Waals surface area contributed by atoms with Gasteiger partial charge in [0.1, 0.15) is 0 Å². The molecule has 0 spiro atoms. The third-order valence-corrected chi connectivity index (χ3v) is 4.84. The first kappa shape index (κ1) is 14.3. The van der Waals surface area contributed by atoms with Crippen LogP contribution in [0.25, 0.3) is 0 Å². The van der Waals surface area contributed by atoms with Crippen LogP contribution in [0, 0.1) is 11.3 Å². The van der Waals surface area contributed by atoms with Crippen LogP contribution in [0.3, 0.4) is 0 Å². The molecule has 1 aliphatic carbocycles. The van der Waals surface area contributed by atoms with Crippen molar-refractivity contribution in [1.82, 2.24) is 10.6 Å². The summed E-state index contributed by atoms with van der Waals surface area (Å²) in [4.78, 5) is 0. The molecule has 2 N–H and O–H groups in total. The number of hydrogen-bond donors (Lipinski definition) is 2. The van der Waals surface area contributed by atoms with Crippen molar-refractivity contribution in [3.05, 3.63) is 0 Å². The fraction of sp³-hybridized carbons (Fsp3) is 1.00. The van der Waals surface area contributed by atoms with Crippen LogP contribution in [0.5, 0.6) is 0 Å². The quantitative estimate of drug-likeness (QED) is 0.679. The van der Waals surface area contributed by atoms with Crippen LogP contribution < -0.4 is 10.6 Å². The van der Waals surface area contributed by atoms with Gasteiger partial charge in [-0.3, -0.25) is 0 Å². The van der Waals surface area contributed by atoms with E-state index in [-0.39, 0.29) is 0 Å². The maximum Gasteiger partial charge on any atom is 0.00796 e. The normalized spacial score (nSPS) is 27.2. The van der Waals surface area contributed by atoms with Crippen LogP contribution in [-0.2, 0) is 0 Å². The third-order valence-electron chi connectivity index (χ3n) is 4.84. The first-order valence-corrected chi connectivity index (χ1v) is 8.14. The van der Waals surface area contributed by atoms with E-state index in [1.807, 2.05) is 0 Å². The smallest absolute Gasteiger partial charge is 0.00796 e. The fourth-order valence-corrected chi connectivity index (χ4v) is 4.08. The van der Waals surface area contributed by atoms with Gasteiger partial charge in [-0.25, -0.2) is 0 Å². The van der Waals surface area contributed by atoms with E-state index in [2.05, 4.69) is 24.5 Å². The largest absolute Gasteiger partial charge is 0.316 e. The van der Waals surface area contributed by atoms with Gasteiger partial charge in [0.05, 0.1) is 0 Å². The highest BCUT2D eigenvalue weighted by Crippen LogP contribution is 2.42. The maximum absolute atomic E-state index is 3.76. The lowest BCUT2D eigenvalue weighted by Crippen LogP contribution is -2.35. The van der Waals surface area contributed by atoms with E-state index < -0.39 is 0 Å². The lowest BCUT2D eigenvalue weighted by atomic mass is 9.78. The zero-order chi connectivity index (χ0) is 12.8. The highest BCUT2D eigenvalue weighted by Gasteiger charge is 2.33. The highest BCUT2D eigenvalue weighted by atomic mass is 15.0. The molecule has 2 rings (SSSR count). The Morgan fingerprint density at radius 3 is 2.61 bits per heavy atom. The molecule has 18 heavy (non-hydrogen) atoms. The van der Waals surface area contributed by atoms with Crippen LogP contribution in [0.4, 0.5) is 0 Å². The summed E-state index contributed by atoms with van der Waals surface area (Å²) in [6.45, 7) is 8.46. The monoisotopic (exact) mass is 252 g/mol. The molecule has 1 aliphatic heterocycles. The third kappa shape index (κ3) is 4.24. The SMILES string of the molecule is CC(C)CC1(CNCCC2CCCN2)CCCC1. The Morgan fingerprint density at radius 2 is 2.00 bits per heavy atom. The first-order valence-electron chi connectivity index (χ1n) is 8.14. The molecular weight excluding hydrogens is 220 g/mol. The van der Waals surface area contributed by atoms with Crippen molar-refractivity contribution in [1.29, 1.82) is 0 Å². The second kappa shape index (κ2) is 6.91. The summed E-state index contributed by atoms with van der Waals surface area (Å²) in [5.41, 5.74) is 0.636. The van der Waals surface area contributed by atoms with Gasteiger partial charge in [0.15, 0.2) is 0 Å². The summed E-state index contributed by atoms with van der Waals surface area (Å²) in [5, 5.41) is 7.35. The van der Waals surface area contributed by atoms with E-state index in [9.17, 15) is 0 Å². The summed E-state index contributed by atoms with van der Waals surface area (Å²) in [6, 6.07) is 0.794. The molecular formula is C16H32N2. The minimum absolute atomic E-state index is 0.636. The van der Waals surface area contributed by atoms with Gasteiger partial charge >= 0.3 is 0 Å². The molecule has 2 nitrogen and oxygen atoms in total. The lowest BCUT2D eigenvalue weighted by molar-refractivity contribution is 0.223. The zero-order valence-electron chi connectivity index (χ0n) is 12.4. The minimum Gasteiger partial charge on any atom is -0.316 e. The van der Waals surface area contributed by atoms with Gasteiger partial charge in [0, 0.05) is 12.6 Å². The first-order chi connectivity index (χ1) is 8.70. The maximum atomic E-state index is 3.76. The van der Waals surface area contributed by atoms with Crippen molar-refractivity contribution in [3.8, 4) is 0 Å². The molecule has 1 atom stereocenters. The fourth-order valence-electron chi connectivity index (χ4n) is 4.08. The van der Waals surface area contributed by atoms with Crippen molar-refractivity contribution in [2.45, 2.75) is 71.3 Å². The molecule has 2 aliphatic rings. The van der Waals surface area contributed by atoms with Crippen molar-refractivity contribution in [2.75, 3.05) is 19.6 Å². The van der Waals surface area contributed by atoms with Crippen LogP contribution in [-0.4, -0.2) is 25.7 Å². The molecule has 0 aromatic heterocycles. The number of rotatable bonds is 7. The van der Waals surface area contributed by atoms with E-state index >= 15 is 0 Å². The topological polar surface area (TPSA) is 24.1 Å². The minimum atomic E-state index is 0.636. The molecule has 106 valence electrons. The zero-order valence-corrected chi connectivity index (χ0v) is 12.4. The van der Waals surface area contributed by atoms with E-state index in [0.29, 0.717) is 5.41 Å². The molecule has 0 amide bonds. The van der Waals surface area contributed by atoms with Crippen molar-refractivity contribution < 1.29 is 0 Å². The number of nitrogens with one attached hydrogen (secondary N) is 2. The molecule has 0 radical (unpaired) electrons. The summed E-state index contributed by atoms with van der Waals surface area (Å²) >= 11 is 0. The Labute approximate surface area is 113 Å². The van der Waals surface area contributed by atoms with Crippen molar-refractivity contribution in [3.63, 3.8) is 0 Å². The second-order valence-electron chi connectivity index (χ2n) is 7.06. The van der Waals surface area contributed by atoms with Gasteiger partial charge in [-0.2, -0.15) is 0 Å². The Bertz CT molecular complexity index is 225. The van der Waals surface area contributed by atoms with Crippen molar-refractivity contribution in [2.24, 2.45) is 11.3 Å². The van der Waals surface area contributed by atoms with Crippen LogP contribution in [0.15, 0.2) is 0 Å². The predicted molar refractivity (Wildman–Crippen MR) is 78.9 cm³/mol. The summed E-state index contributed by atoms with van der Waals surface area (Å²) < 4.78 is 0. The van der Waals surface area contributed by atoms with Gasteiger partial charge in [-0.05, 0) is 62.9 Å². The molecule has 1 heterocycles. The molecule has 2 heteroatoms. The molecule has 0 aromatic rings. The van der Waals surface area contributed by atoms with Crippen LogP contribution >= 0.6 is 0 Å². The van der Waals surface area contributed by atoms with E-state index in [0.717, 1.165) is 12.0 Å². The van der Waals surface area contributed by atoms with Gasteiger partial charge < -0.3 is 10.6 Å². The predicted octanol–water partition coefficient (Wildman–Crippen LogP) is 3.32. The second-order valence-corrected chi connectivity index (χ2v) is 7.06. The molecule has 1 saturated carbocycles. The Kier molecular flexibility index (Phi) is 5.50. The summed E-state index contributed by atoms with van der Waals surface area (Å²) in [7, 11) is 0. The summed E-state index contributed by atoms with van der Waals surface area (Å²) in [6.07, 6.45) is 11.3. The summed E-state index contributed by atoms with van der Waals surface area (Å²) in [5.74, 6) is 0.849. The van der Waals surface area contributed by atoms with Crippen LogP contribution in [0.1, 0.15) is 65.2 Å². The highest BCUT2D eigenvalue weighted by molar-refractivity contribution is 4.87. The molecule has 1 unspecified atom stereocenters. The molecule has 1 saturated heterocycles. The average molecular weight is 252 g/mol. The Hall–Kier alpha value is -0.0800. The van der Waals surface area contributed by atoms with Crippen LogP contribution in [0.2, 0.25) is 0 Å². The van der Waals surface area contributed by atoms with Crippen molar-refractivity contribution >= 4 is 0 Å². The number of hydrogen-bond acceptors (Lipinski definition) is 2. The Morgan fingerprint density at radius 1 is 1.22 bits per heavy atom. The standard InChI is InChI=1S/C16H32N2/c1-14(2)12-16(8-3-4-9-16)13-17-11-7-15-6-5-10-18-15/h14-15,17-18H,3-13H2,1-2H3. The van der Waals surface area contributed by atoms with Gasteiger partial charge in [0.2, 0.25) is 0 Å². The Balaban J connectivity index is 1.65. The average Bonchev–Trinajstić information content (AvgIpc) is 2.95. The molecule has 0 aromatic carbocycles. The molecule has 2 fully saturated rings. The van der Waals surface area contributed by atoms with E-state index in [4.69, 9.17) is 0 Å². The van der Waals surface area contributed by atoms with E-state index in [1.54, 1.807) is 0 Å². The van der Waals surface area contributed by atoms with Gasteiger partial charge in [-0.15, -0.1) is 0 Å². The molecule has 0 bridgehead atoms.